The van der Waals surface area contributed by atoms with Crippen molar-refractivity contribution in [3.05, 3.63) is 52.5 Å². The molecule has 0 saturated heterocycles. The molecule has 2 aromatic carbocycles. The first-order valence-corrected chi connectivity index (χ1v) is 7.68. The van der Waals surface area contributed by atoms with E-state index >= 15 is 0 Å². The van der Waals surface area contributed by atoms with E-state index in [-0.39, 0.29) is 6.04 Å². The third-order valence-corrected chi connectivity index (χ3v) is 4.10. The summed E-state index contributed by atoms with van der Waals surface area (Å²) in [5, 5.41) is 3.45. The first-order valence-electron chi connectivity index (χ1n) is 6.88. The summed E-state index contributed by atoms with van der Waals surface area (Å²) < 4.78 is 12.2. The fraction of sp³-hybridized carbons (Fsp3) is 0.250. The van der Waals surface area contributed by atoms with Crippen molar-refractivity contribution in [3.63, 3.8) is 0 Å². The molecule has 0 spiro atoms. The van der Waals surface area contributed by atoms with Gasteiger partial charge in [-0.2, -0.15) is 0 Å². The Morgan fingerprint density at radius 3 is 2.62 bits per heavy atom. The van der Waals surface area contributed by atoms with E-state index in [4.69, 9.17) is 15.2 Å². The summed E-state index contributed by atoms with van der Waals surface area (Å²) in [6, 6.07) is 14.0. The lowest BCUT2D eigenvalue weighted by atomic mass is 10.1. The maximum absolute atomic E-state index is 5.93. The molecule has 1 aliphatic heterocycles. The van der Waals surface area contributed by atoms with Gasteiger partial charge in [-0.1, -0.05) is 18.2 Å². The second-order valence-corrected chi connectivity index (χ2v) is 5.67. The predicted molar refractivity (Wildman–Crippen MR) is 87.0 cm³/mol. The number of hydrogen-bond acceptors (Lipinski definition) is 4. The van der Waals surface area contributed by atoms with Gasteiger partial charge in [-0.15, -0.1) is 0 Å². The molecule has 3 rings (SSSR count). The summed E-state index contributed by atoms with van der Waals surface area (Å²) in [6.07, 6.45) is 0. The van der Waals surface area contributed by atoms with Gasteiger partial charge in [-0.25, -0.2) is 0 Å². The van der Waals surface area contributed by atoms with Crippen molar-refractivity contribution in [2.75, 3.05) is 25.1 Å². The van der Waals surface area contributed by atoms with Crippen molar-refractivity contribution in [2.24, 2.45) is 5.73 Å². The van der Waals surface area contributed by atoms with E-state index in [2.05, 4.69) is 21.2 Å². The lowest BCUT2D eigenvalue weighted by Crippen LogP contribution is -2.21. The van der Waals surface area contributed by atoms with Crippen LogP contribution in [0, 0.1) is 0 Å². The number of para-hydroxylation sites is 1. The maximum Gasteiger partial charge on any atom is 0.161 e. The van der Waals surface area contributed by atoms with Crippen LogP contribution in [0.15, 0.2) is 46.9 Å². The first kappa shape index (κ1) is 14.2. The third kappa shape index (κ3) is 3.14. The SMILES string of the molecule is NCC(Nc1ccccc1Br)c1ccc2c(c1)OCCO2. The van der Waals surface area contributed by atoms with Crippen molar-refractivity contribution >= 4 is 21.6 Å². The van der Waals surface area contributed by atoms with Crippen LogP contribution in [-0.4, -0.2) is 19.8 Å². The van der Waals surface area contributed by atoms with E-state index in [1.165, 1.54) is 0 Å². The fourth-order valence-corrected chi connectivity index (χ4v) is 2.72. The Morgan fingerprint density at radius 1 is 1.10 bits per heavy atom. The Kier molecular flexibility index (Phi) is 4.31. The van der Waals surface area contributed by atoms with Crippen LogP contribution < -0.4 is 20.5 Å². The Balaban J connectivity index is 1.85. The van der Waals surface area contributed by atoms with E-state index < -0.39 is 0 Å². The van der Waals surface area contributed by atoms with E-state index in [0.29, 0.717) is 19.8 Å². The molecule has 0 aromatic heterocycles. The van der Waals surface area contributed by atoms with Crippen LogP contribution in [0.3, 0.4) is 0 Å². The summed E-state index contributed by atoms with van der Waals surface area (Å²) >= 11 is 3.54. The molecule has 2 aromatic rings. The van der Waals surface area contributed by atoms with E-state index in [0.717, 1.165) is 27.2 Å². The molecule has 5 heteroatoms. The molecular weight excluding hydrogens is 332 g/mol. The number of ether oxygens (including phenoxy) is 2. The highest BCUT2D eigenvalue weighted by molar-refractivity contribution is 9.10. The van der Waals surface area contributed by atoms with Crippen LogP contribution in [-0.2, 0) is 0 Å². The maximum atomic E-state index is 5.93. The summed E-state index contributed by atoms with van der Waals surface area (Å²) in [7, 11) is 0. The largest absolute Gasteiger partial charge is 0.486 e. The molecule has 1 heterocycles. The smallest absolute Gasteiger partial charge is 0.161 e. The zero-order chi connectivity index (χ0) is 14.7. The number of rotatable bonds is 4. The average molecular weight is 349 g/mol. The second-order valence-electron chi connectivity index (χ2n) is 4.82. The minimum atomic E-state index is 0.0135. The van der Waals surface area contributed by atoms with E-state index in [9.17, 15) is 0 Å². The van der Waals surface area contributed by atoms with Crippen LogP contribution in [0.25, 0.3) is 0 Å². The number of nitrogens with two attached hydrogens (primary N) is 1. The lowest BCUT2D eigenvalue weighted by Gasteiger charge is -2.23. The second kappa shape index (κ2) is 6.37. The van der Waals surface area contributed by atoms with Crippen LogP contribution in [0.2, 0.25) is 0 Å². The molecule has 21 heavy (non-hydrogen) atoms. The minimum absolute atomic E-state index is 0.0135. The minimum Gasteiger partial charge on any atom is -0.486 e. The van der Waals surface area contributed by atoms with Crippen molar-refractivity contribution in [1.29, 1.82) is 0 Å². The number of benzene rings is 2. The monoisotopic (exact) mass is 348 g/mol. The van der Waals surface area contributed by atoms with Gasteiger partial charge in [0.2, 0.25) is 0 Å². The van der Waals surface area contributed by atoms with Gasteiger partial charge >= 0.3 is 0 Å². The third-order valence-electron chi connectivity index (χ3n) is 3.41. The Hall–Kier alpha value is -1.72. The number of nitrogens with one attached hydrogen (secondary N) is 1. The highest BCUT2D eigenvalue weighted by Gasteiger charge is 2.16. The van der Waals surface area contributed by atoms with Gasteiger partial charge in [0, 0.05) is 16.7 Å². The molecule has 1 atom stereocenters. The van der Waals surface area contributed by atoms with Gasteiger partial charge in [0.15, 0.2) is 11.5 Å². The standard InChI is InChI=1S/C16H17BrN2O2/c17-12-3-1-2-4-13(12)19-14(10-18)11-5-6-15-16(9-11)21-8-7-20-15/h1-6,9,14,19H,7-8,10,18H2. The van der Waals surface area contributed by atoms with Gasteiger partial charge in [0.25, 0.3) is 0 Å². The number of hydrogen-bond donors (Lipinski definition) is 2. The molecular formula is C16H17BrN2O2. The van der Waals surface area contributed by atoms with Crippen molar-refractivity contribution < 1.29 is 9.47 Å². The van der Waals surface area contributed by atoms with E-state index in [1.807, 2.05) is 42.5 Å². The molecule has 3 N–H and O–H groups in total. The van der Waals surface area contributed by atoms with Crippen LogP contribution >= 0.6 is 15.9 Å². The molecule has 4 nitrogen and oxygen atoms in total. The van der Waals surface area contributed by atoms with Gasteiger partial charge in [-0.05, 0) is 45.8 Å². The number of halogens is 1. The predicted octanol–water partition coefficient (Wildman–Crippen LogP) is 3.33. The number of fused-ring (bicyclic) bond motifs is 1. The molecule has 0 saturated carbocycles. The summed E-state index contributed by atoms with van der Waals surface area (Å²) in [5.74, 6) is 1.58. The van der Waals surface area contributed by atoms with Crippen LogP contribution in [0.1, 0.15) is 11.6 Å². The normalized spacial score (nSPS) is 14.6. The van der Waals surface area contributed by atoms with Gasteiger partial charge in [0.05, 0.1) is 6.04 Å². The van der Waals surface area contributed by atoms with Gasteiger partial charge in [0.1, 0.15) is 13.2 Å². The Bertz CT molecular complexity index is 633. The molecule has 110 valence electrons. The number of anilines is 1. The van der Waals surface area contributed by atoms with Crippen molar-refractivity contribution in [2.45, 2.75) is 6.04 Å². The molecule has 0 radical (unpaired) electrons. The quantitative estimate of drug-likeness (QED) is 0.889. The molecule has 0 bridgehead atoms. The van der Waals surface area contributed by atoms with E-state index in [1.54, 1.807) is 0 Å². The molecule has 1 unspecified atom stereocenters. The summed E-state index contributed by atoms with van der Waals surface area (Å²) in [6.45, 7) is 1.67. The van der Waals surface area contributed by atoms with Crippen LogP contribution in [0.4, 0.5) is 5.69 Å². The Morgan fingerprint density at radius 2 is 1.86 bits per heavy atom. The Labute approximate surface area is 132 Å². The molecule has 0 fully saturated rings. The van der Waals surface area contributed by atoms with Crippen molar-refractivity contribution in [1.82, 2.24) is 0 Å². The van der Waals surface area contributed by atoms with Gasteiger partial charge in [-0.3, -0.25) is 0 Å². The zero-order valence-corrected chi connectivity index (χ0v) is 13.1. The summed E-state index contributed by atoms with van der Waals surface area (Å²) in [4.78, 5) is 0. The summed E-state index contributed by atoms with van der Waals surface area (Å²) in [5.41, 5.74) is 8.03. The first-order chi connectivity index (χ1) is 10.3. The highest BCUT2D eigenvalue weighted by atomic mass is 79.9. The molecule has 0 amide bonds. The molecule has 0 aliphatic carbocycles. The lowest BCUT2D eigenvalue weighted by molar-refractivity contribution is 0.171. The van der Waals surface area contributed by atoms with Crippen LogP contribution in [0.5, 0.6) is 11.5 Å². The molecule has 1 aliphatic rings. The van der Waals surface area contributed by atoms with Crippen molar-refractivity contribution in [3.8, 4) is 11.5 Å². The fourth-order valence-electron chi connectivity index (χ4n) is 2.32. The topological polar surface area (TPSA) is 56.5 Å². The van der Waals surface area contributed by atoms with Gasteiger partial charge < -0.3 is 20.5 Å². The highest BCUT2D eigenvalue weighted by Crippen LogP contribution is 2.34. The average Bonchev–Trinajstić information content (AvgIpc) is 2.54. The zero-order valence-electron chi connectivity index (χ0n) is 11.5.